The zero-order valence-corrected chi connectivity index (χ0v) is 9.93. The summed E-state index contributed by atoms with van der Waals surface area (Å²) in [5.41, 5.74) is 0.662. The van der Waals surface area contributed by atoms with E-state index in [2.05, 4.69) is 15.2 Å². The second-order valence-corrected chi connectivity index (χ2v) is 3.88. The van der Waals surface area contributed by atoms with Gasteiger partial charge in [0.2, 0.25) is 0 Å². The highest BCUT2D eigenvalue weighted by molar-refractivity contribution is 5.70. The maximum atomic E-state index is 11.0. The van der Waals surface area contributed by atoms with Crippen LogP contribution in [0.25, 0.3) is 11.5 Å². The average Bonchev–Trinajstić information content (AvgIpc) is 3.10. The number of nitrogens with zero attached hydrogens (tertiary/aromatic N) is 4. The Balaban J connectivity index is 2.06. The lowest BCUT2D eigenvalue weighted by molar-refractivity contribution is 0.111. The van der Waals surface area contributed by atoms with E-state index in [-0.39, 0.29) is 5.82 Å². The summed E-state index contributed by atoms with van der Waals surface area (Å²) in [5, 5.41) is 7.87. The van der Waals surface area contributed by atoms with E-state index in [0.717, 1.165) is 5.76 Å². The number of furan rings is 1. The largest absolute Gasteiger partial charge is 0.467 e. The molecule has 0 amide bonds. The second kappa shape index (κ2) is 4.85. The van der Waals surface area contributed by atoms with Gasteiger partial charge in [0.15, 0.2) is 17.9 Å². The fraction of sp³-hybridized carbons (Fsp3) is 0.0769. The Kier molecular flexibility index (Phi) is 2.89. The van der Waals surface area contributed by atoms with Crippen molar-refractivity contribution in [3.8, 4) is 11.5 Å². The quantitative estimate of drug-likeness (QED) is 0.663. The van der Waals surface area contributed by atoms with Gasteiger partial charge < -0.3 is 4.42 Å². The van der Waals surface area contributed by atoms with Gasteiger partial charge >= 0.3 is 0 Å². The molecule has 0 bridgehead atoms. The van der Waals surface area contributed by atoms with Crippen molar-refractivity contribution in [1.29, 1.82) is 0 Å². The van der Waals surface area contributed by atoms with Crippen molar-refractivity contribution in [3.63, 3.8) is 0 Å². The zero-order valence-electron chi connectivity index (χ0n) is 9.93. The van der Waals surface area contributed by atoms with Crippen LogP contribution in [-0.2, 0) is 6.54 Å². The molecule has 0 saturated carbocycles. The first kappa shape index (κ1) is 11.3. The minimum atomic E-state index is 0.247. The minimum Gasteiger partial charge on any atom is -0.467 e. The first-order valence-corrected chi connectivity index (χ1v) is 5.70. The van der Waals surface area contributed by atoms with Crippen LogP contribution >= 0.6 is 0 Å². The Morgan fingerprint density at radius 1 is 1.21 bits per heavy atom. The van der Waals surface area contributed by atoms with E-state index in [1.165, 1.54) is 0 Å². The summed E-state index contributed by atoms with van der Waals surface area (Å²) in [6.45, 7) is 0.389. The highest BCUT2D eigenvalue weighted by Gasteiger charge is 2.15. The van der Waals surface area contributed by atoms with Crippen molar-refractivity contribution >= 4 is 6.29 Å². The van der Waals surface area contributed by atoms with Crippen molar-refractivity contribution in [2.45, 2.75) is 6.54 Å². The van der Waals surface area contributed by atoms with Gasteiger partial charge in [-0.15, -0.1) is 10.2 Å². The van der Waals surface area contributed by atoms with Gasteiger partial charge in [0.05, 0.1) is 12.8 Å². The Bertz CT molecular complexity index is 674. The van der Waals surface area contributed by atoms with E-state index in [4.69, 9.17) is 4.42 Å². The van der Waals surface area contributed by atoms with Crippen LogP contribution in [0.1, 0.15) is 16.4 Å². The SMILES string of the molecule is O=Cc1nnc(-c2ccccn2)n1Cc1ccco1. The molecule has 0 aromatic carbocycles. The fourth-order valence-corrected chi connectivity index (χ4v) is 1.80. The molecule has 0 fully saturated rings. The molecule has 6 nitrogen and oxygen atoms in total. The van der Waals surface area contributed by atoms with Gasteiger partial charge in [-0.3, -0.25) is 14.3 Å². The van der Waals surface area contributed by atoms with Gasteiger partial charge in [-0.25, -0.2) is 0 Å². The van der Waals surface area contributed by atoms with Crippen LogP contribution in [0.15, 0.2) is 47.2 Å². The maximum absolute atomic E-state index is 11.0. The molecule has 94 valence electrons. The molecular formula is C13H10N4O2. The molecule has 0 atom stereocenters. The Labute approximate surface area is 108 Å². The average molecular weight is 254 g/mol. The van der Waals surface area contributed by atoms with Gasteiger partial charge in [-0.05, 0) is 24.3 Å². The molecular weight excluding hydrogens is 244 g/mol. The Morgan fingerprint density at radius 2 is 2.16 bits per heavy atom. The van der Waals surface area contributed by atoms with Crippen LogP contribution in [0.2, 0.25) is 0 Å². The molecule has 0 unspecified atom stereocenters. The van der Waals surface area contributed by atoms with Crippen molar-refractivity contribution in [2.24, 2.45) is 0 Å². The van der Waals surface area contributed by atoms with Crippen molar-refractivity contribution < 1.29 is 9.21 Å². The molecule has 0 aliphatic rings. The second-order valence-electron chi connectivity index (χ2n) is 3.88. The van der Waals surface area contributed by atoms with Gasteiger partial charge in [0.1, 0.15) is 11.5 Å². The van der Waals surface area contributed by atoms with Crippen LogP contribution in [0, 0.1) is 0 Å². The number of carbonyl (C=O) groups excluding carboxylic acids is 1. The van der Waals surface area contributed by atoms with Gasteiger partial charge in [0.25, 0.3) is 0 Å². The third-order valence-corrected chi connectivity index (χ3v) is 2.67. The normalized spacial score (nSPS) is 10.5. The van der Waals surface area contributed by atoms with E-state index < -0.39 is 0 Å². The van der Waals surface area contributed by atoms with E-state index in [1.807, 2.05) is 24.3 Å². The van der Waals surface area contributed by atoms with Crippen LogP contribution < -0.4 is 0 Å². The summed E-state index contributed by atoms with van der Waals surface area (Å²) in [6, 6.07) is 9.11. The third-order valence-electron chi connectivity index (χ3n) is 2.67. The number of rotatable bonds is 4. The summed E-state index contributed by atoms with van der Waals surface area (Å²) in [7, 11) is 0. The van der Waals surface area contributed by atoms with Crippen LogP contribution in [-0.4, -0.2) is 26.0 Å². The van der Waals surface area contributed by atoms with Gasteiger partial charge in [-0.2, -0.15) is 0 Å². The molecule has 0 N–H and O–H groups in total. The van der Waals surface area contributed by atoms with Crippen molar-refractivity contribution in [3.05, 3.63) is 54.4 Å². The lowest BCUT2D eigenvalue weighted by Gasteiger charge is -2.05. The number of carbonyl (C=O) groups is 1. The van der Waals surface area contributed by atoms with E-state index in [9.17, 15) is 4.79 Å². The molecule has 3 rings (SSSR count). The standard InChI is InChI=1S/C13H10N4O2/c18-9-12-15-16-13(11-5-1-2-6-14-11)17(12)8-10-4-3-7-19-10/h1-7,9H,8H2. The van der Waals surface area contributed by atoms with E-state index in [0.29, 0.717) is 24.3 Å². The minimum absolute atomic E-state index is 0.247. The smallest absolute Gasteiger partial charge is 0.197 e. The Morgan fingerprint density at radius 3 is 2.84 bits per heavy atom. The topological polar surface area (TPSA) is 73.8 Å². The monoisotopic (exact) mass is 254 g/mol. The van der Waals surface area contributed by atoms with E-state index >= 15 is 0 Å². The lowest BCUT2D eigenvalue weighted by atomic mass is 10.3. The van der Waals surface area contributed by atoms with E-state index in [1.54, 1.807) is 23.1 Å². The van der Waals surface area contributed by atoms with Crippen LogP contribution in [0.5, 0.6) is 0 Å². The molecule has 6 heteroatoms. The molecule has 0 aliphatic carbocycles. The Hall–Kier alpha value is -2.76. The van der Waals surface area contributed by atoms with Gasteiger partial charge in [0, 0.05) is 6.20 Å². The predicted molar refractivity (Wildman–Crippen MR) is 66.5 cm³/mol. The summed E-state index contributed by atoms with van der Waals surface area (Å²) >= 11 is 0. The summed E-state index contributed by atoms with van der Waals surface area (Å²) in [5.74, 6) is 1.51. The number of pyridine rings is 1. The summed E-state index contributed by atoms with van der Waals surface area (Å²) in [4.78, 5) is 15.2. The molecule has 0 spiro atoms. The third kappa shape index (κ3) is 2.15. The zero-order chi connectivity index (χ0) is 13.1. The molecule has 3 heterocycles. The summed E-state index contributed by atoms with van der Waals surface area (Å²) < 4.78 is 6.96. The van der Waals surface area contributed by atoms with Crippen molar-refractivity contribution in [1.82, 2.24) is 19.7 Å². The van der Waals surface area contributed by atoms with Crippen molar-refractivity contribution in [2.75, 3.05) is 0 Å². The number of aromatic nitrogens is 4. The molecule has 0 radical (unpaired) electrons. The van der Waals surface area contributed by atoms with Crippen LogP contribution in [0.4, 0.5) is 0 Å². The maximum Gasteiger partial charge on any atom is 0.197 e. The first-order chi connectivity index (χ1) is 9.38. The van der Waals surface area contributed by atoms with Crippen LogP contribution in [0.3, 0.4) is 0 Å². The number of aldehydes is 1. The fourth-order valence-electron chi connectivity index (χ4n) is 1.80. The molecule has 0 saturated heterocycles. The number of hydrogen-bond donors (Lipinski definition) is 0. The lowest BCUT2D eigenvalue weighted by Crippen LogP contribution is -2.06. The highest BCUT2D eigenvalue weighted by atomic mass is 16.3. The number of hydrogen-bond acceptors (Lipinski definition) is 5. The summed E-state index contributed by atoms with van der Waals surface area (Å²) in [6.07, 6.45) is 3.92. The highest BCUT2D eigenvalue weighted by Crippen LogP contribution is 2.16. The van der Waals surface area contributed by atoms with Gasteiger partial charge in [-0.1, -0.05) is 6.07 Å². The molecule has 19 heavy (non-hydrogen) atoms. The predicted octanol–water partition coefficient (Wildman–Crippen LogP) is 1.79. The molecule has 3 aromatic rings. The first-order valence-electron chi connectivity index (χ1n) is 5.70. The molecule has 0 aliphatic heterocycles. The molecule has 3 aromatic heterocycles.